The molecule has 2 rings (SSSR count). The van der Waals surface area contributed by atoms with Crippen LogP contribution in [0.5, 0.6) is 0 Å². The van der Waals surface area contributed by atoms with Gasteiger partial charge >= 0.3 is 4.87 Å². The first-order valence-corrected chi connectivity index (χ1v) is 9.62. The molecular formula is C12H17N3O3S3. The van der Waals surface area contributed by atoms with Crippen LogP contribution in [0, 0.1) is 6.92 Å². The summed E-state index contributed by atoms with van der Waals surface area (Å²) in [5.74, 6) is 0. The van der Waals surface area contributed by atoms with E-state index in [-0.39, 0.29) is 11.4 Å². The molecule has 0 aromatic carbocycles. The van der Waals surface area contributed by atoms with Gasteiger partial charge in [0.2, 0.25) is 10.0 Å². The number of hydrogen-bond donors (Lipinski definition) is 3. The van der Waals surface area contributed by atoms with Crippen molar-refractivity contribution < 1.29 is 8.42 Å². The van der Waals surface area contributed by atoms with Crippen molar-refractivity contribution in [2.45, 2.75) is 31.8 Å². The van der Waals surface area contributed by atoms with E-state index in [1.165, 1.54) is 11.3 Å². The summed E-state index contributed by atoms with van der Waals surface area (Å²) >= 11 is 2.45. The van der Waals surface area contributed by atoms with Crippen LogP contribution in [0.25, 0.3) is 0 Å². The van der Waals surface area contributed by atoms with Gasteiger partial charge in [-0.1, -0.05) is 18.3 Å². The van der Waals surface area contributed by atoms with Crippen molar-refractivity contribution in [1.82, 2.24) is 15.0 Å². The Balaban J connectivity index is 2.18. The summed E-state index contributed by atoms with van der Waals surface area (Å²) in [6, 6.07) is 0. The average molecular weight is 347 g/mol. The maximum atomic E-state index is 12.5. The normalized spacial score (nSPS) is 11.9. The summed E-state index contributed by atoms with van der Waals surface area (Å²) in [5.41, 5.74) is 1.30. The maximum absolute atomic E-state index is 12.5. The van der Waals surface area contributed by atoms with E-state index in [1.54, 1.807) is 12.3 Å². The van der Waals surface area contributed by atoms with E-state index in [0.717, 1.165) is 28.3 Å². The predicted octanol–water partition coefficient (Wildman–Crippen LogP) is 1.39. The molecule has 21 heavy (non-hydrogen) atoms. The maximum Gasteiger partial charge on any atom is 0.304 e. The van der Waals surface area contributed by atoms with Gasteiger partial charge in [0.25, 0.3) is 0 Å². The van der Waals surface area contributed by atoms with Gasteiger partial charge in [0.15, 0.2) is 0 Å². The Kier molecular flexibility index (Phi) is 5.33. The van der Waals surface area contributed by atoms with Crippen molar-refractivity contribution in [3.05, 3.63) is 36.6 Å². The van der Waals surface area contributed by atoms with Crippen LogP contribution < -0.4 is 14.9 Å². The van der Waals surface area contributed by atoms with Crippen molar-refractivity contribution in [1.29, 1.82) is 0 Å². The van der Waals surface area contributed by atoms with E-state index in [1.807, 2.05) is 12.3 Å². The fourth-order valence-electron chi connectivity index (χ4n) is 1.85. The highest BCUT2D eigenvalue weighted by atomic mass is 32.2. The zero-order valence-electron chi connectivity index (χ0n) is 11.7. The summed E-state index contributed by atoms with van der Waals surface area (Å²) < 4.78 is 27.5. The molecule has 0 radical (unpaired) electrons. The number of nitrogens with one attached hydrogen (secondary N) is 3. The Morgan fingerprint density at radius 1 is 1.24 bits per heavy atom. The van der Waals surface area contributed by atoms with Crippen molar-refractivity contribution in [2.24, 2.45) is 0 Å². The SMILES string of the molecule is CCNCc1scc(C)c1S(=O)(=O)NCc1csc(=O)[nH]1. The number of sulfonamides is 1. The highest BCUT2D eigenvalue weighted by Crippen LogP contribution is 2.26. The number of aromatic nitrogens is 1. The van der Waals surface area contributed by atoms with Crippen molar-refractivity contribution in [3.8, 4) is 0 Å². The first-order valence-electron chi connectivity index (χ1n) is 6.38. The summed E-state index contributed by atoms with van der Waals surface area (Å²) in [4.78, 5) is 14.6. The Morgan fingerprint density at radius 3 is 2.62 bits per heavy atom. The van der Waals surface area contributed by atoms with E-state index >= 15 is 0 Å². The first-order chi connectivity index (χ1) is 9.94. The molecule has 0 amide bonds. The van der Waals surface area contributed by atoms with Crippen LogP contribution in [-0.2, 0) is 23.1 Å². The molecule has 2 heterocycles. The third kappa shape index (κ3) is 4.01. The van der Waals surface area contributed by atoms with Crippen molar-refractivity contribution in [3.63, 3.8) is 0 Å². The van der Waals surface area contributed by atoms with Gasteiger partial charge < -0.3 is 10.3 Å². The summed E-state index contributed by atoms with van der Waals surface area (Å²) in [6.07, 6.45) is 0. The van der Waals surface area contributed by atoms with Crippen molar-refractivity contribution >= 4 is 32.7 Å². The van der Waals surface area contributed by atoms with Gasteiger partial charge in [0.05, 0.1) is 6.54 Å². The van der Waals surface area contributed by atoms with E-state index in [2.05, 4.69) is 15.0 Å². The number of hydrogen-bond acceptors (Lipinski definition) is 6. The smallest absolute Gasteiger partial charge is 0.304 e. The Bertz CT molecular complexity index is 758. The highest BCUT2D eigenvalue weighted by Gasteiger charge is 2.22. The standard InChI is InChI=1S/C12H17N3O3S3/c1-3-13-5-10-11(8(2)6-19-10)21(17,18)14-4-9-7-20-12(16)15-9/h6-7,13-14H,3-5H2,1-2H3,(H,15,16). The second kappa shape index (κ2) is 6.84. The zero-order chi connectivity index (χ0) is 15.5. The Hall–Kier alpha value is -1.00. The Morgan fingerprint density at radius 2 is 2.00 bits per heavy atom. The van der Waals surface area contributed by atoms with Gasteiger partial charge in [-0.15, -0.1) is 11.3 Å². The molecule has 0 aliphatic heterocycles. The van der Waals surface area contributed by atoms with Crippen molar-refractivity contribution in [2.75, 3.05) is 6.54 Å². The zero-order valence-corrected chi connectivity index (χ0v) is 14.2. The molecule has 0 aliphatic carbocycles. The van der Waals surface area contributed by atoms with Crippen LogP contribution in [0.4, 0.5) is 0 Å². The summed E-state index contributed by atoms with van der Waals surface area (Å²) in [6.45, 7) is 5.14. The average Bonchev–Trinajstić information content (AvgIpc) is 3.00. The lowest BCUT2D eigenvalue weighted by atomic mass is 10.3. The highest BCUT2D eigenvalue weighted by molar-refractivity contribution is 7.89. The molecule has 0 fully saturated rings. The van der Waals surface area contributed by atoms with E-state index < -0.39 is 10.0 Å². The minimum Gasteiger partial charge on any atom is -0.315 e. The predicted molar refractivity (Wildman–Crippen MR) is 85.4 cm³/mol. The molecule has 0 atom stereocenters. The molecule has 2 aromatic rings. The molecular weight excluding hydrogens is 330 g/mol. The van der Waals surface area contributed by atoms with Crippen LogP contribution in [0.3, 0.4) is 0 Å². The molecule has 116 valence electrons. The lowest BCUT2D eigenvalue weighted by Gasteiger charge is -2.09. The fourth-order valence-corrected chi connectivity index (χ4v) is 5.22. The van der Waals surface area contributed by atoms with E-state index in [9.17, 15) is 13.2 Å². The van der Waals surface area contributed by atoms with Crippen LogP contribution in [-0.4, -0.2) is 19.9 Å². The second-order valence-corrected chi connectivity index (χ2v) is 7.96. The largest absolute Gasteiger partial charge is 0.315 e. The summed E-state index contributed by atoms with van der Waals surface area (Å²) in [7, 11) is -3.59. The number of thiazole rings is 1. The topological polar surface area (TPSA) is 91.1 Å². The Labute approximate surface area is 131 Å². The second-order valence-electron chi connectivity index (χ2n) is 4.45. The number of aromatic amines is 1. The number of H-pyrrole nitrogens is 1. The van der Waals surface area contributed by atoms with Crippen LogP contribution >= 0.6 is 22.7 Å². The van der Waals surface area contributed by atoms with E-state index in [4.69, 9.17) is 0 Å². The van der Waals surface area contributed by atoms with E-state index in [0.29, 0.717) is 17.1 Å². The molecule has 0 spiro atoms. The van der Waals surface area contributed by atoms with Gasteiger partial charge in [0, 0.05) is 22.5 Å². The quantitative estimate of drug-likeness (QED) is 0.706. The van der Waals surface area contributed by atoms with Gasteiger partial charge in [-0.05, 0) is 24.4 Å². The molecule has 0 saturated heterocycles. The van der Waals surface area contributed by atoms with Crippen LogP contribution in [0.15, 0.2) is 20.5 Å². The minimum absolute atomic E-state index is 0.0804. The lowest BCUT2D eigenvalue weighted by molar-refractivity contribution is 0.578. The third-order valence-corrected chi connectivity index (χ3v) is 6.40. The number of thiophene rings is 1. The molecule has 0 bridgehead atoms. The van der Waals surface area contributed by atoms with Crippen LogP contribution in [0.2, 0.25) is 0 Å². The number of aryl methyl sites for hydroxylation is 1. The van der Waals surface area contributed by atoms with Gasteiger partial charge in [-0.25, -0.2) is 13.1 Å². The molecule has 0 unspecified atom stereocenters. The minimum atomic E-state index is -3.59. The summed E-state index contributed by atoms with van der Waals surface area (Å²) in [5, 5.41) is 6.60. The molecule has 0 saturated carbocycles. The molecule has 0 aliphatic rings. The van der Waals surface area contributed by atoms with Gasteiger partial charge in [-0.3, -0.25) is 4.79 Å². The number of rotatable bonds is 7. The van der Waals surface area contributed by atoms with Crippen LogP contribution in [0.1, 0.15) is 23.1 Å². The lowest BCUT2D eigenvalue weighted by Crippen LogP contribution is -2.25. The fraction of sp³-hybridized carbons (Fsp3) is 0.417. The molecule has 2 aromatic heterocycles. The van der Waals surface area contributed by atoms with Gasteiger partial charge in [-0.2, -0.15) is 0 Å². The molecule has 9 heteroatoms. The monoisotopic (exact) mass is 347 g/mol. The molecule has 6 nitrogen and oxygen atoms in total. The third-order valence-electron chi connectivity index (χ3n) is 2.82. The molecule has 3 N–H and O–H groups in total. The van der Waals surface area contributed by atoms with Gasteiger partial charge in [0.1, 0.15) is 4.90 Å². The first kappa shape index (κ1) is 16.4.